The van der Waals surface area contributed by atoms with Crippen LogP contribution in [0.1, 0.15) is 25.1 Å². The molecule has 1 aromatic rings. The molecule has 0 spiro atoms. The molecule has 0 aromatic carbocycles. The van der Waals surface area contributed by atoms with Gasteiger partial charge in [-0.1, -0.05) is 29.0 Å². The van der Waals surface area contributed by atoms with Gasteiger partial charge in [0.2, 0.25) is 0 Å². The Hall–Kier alpha value is -0.150. The summed E-state index contributed by atoms with van der Waals surface area (Å²) in [5.74, 6) is 0.690. The second-order valence-electron chi connectivity index (χ2n) is 3.88. The minimum atomic E-state index is -3.43. The molecule has 17 heavy (non-hydrogen) atoms. The van der Waals surface area contributed by atoms with E-state index in [2.05, 4.69) is 32.3 Å². The number of aromatic nitrogens is 2. The molecule has 5 nitrogen and oxygen atoms in total. The molecule has 0 saturated heterocycles. The molecule has 0 aliphatic rings. The van der Waals surface area contributed by atoms with Crippen LogP contribution in [-0.2, 0) is 17.1 Å². The van der Waals surface area contributed by atoms with Crippen molar-refractivity contribution < 1.29 is 8.42 Å². The summed E-state index contributed by atoms with van der Waals surface area (Å²) in [7, 11) is -1.65. The lowest BCUT2D eigenvalue weighted by Crippen LogP contribution is -2.25. The molecule has 0 aliphatic carbocycles. The van der Waals surface area contributed by atoms with Crippen LogP contribution < -0.4 is 4.72 Å². The van der Waals surface area contributed by atoms with Gasteiger partial charge in [0, 0.05) is 19.8 Å². The number of nitrogens with zero attached hydrogens (tertiary/aromatic N) is 2. The minimum absolute atomic E-state index is 0.103. The largest absolute Gasteiger partial charge is 0.337 e. The number of hydrogen-bond donors (Lipinski definition) is 1. The zero-order chi connectivity index (χ0) is 12.9. The topological polar surface area (TPSA) is 64.0 Å². The number of halogens is 1. The minimum Gasteiger partial charge on any atom is -0.337 e. The molecular weight excluding hydrogens is 353 g/mol. The van der Waals surface area contributed by atoms with E-state index in [9.17, 15) is 8.42 Å². The molecule has 1 N–H and O–H groups in total. The van der Waals surface area contributed by atoms with Crippen LogP contribution in [0.2, 0.25) is 0 Å². The molecule has 0 saturated carbocycles. The lowest BCUT2D eigenvalue weighted by Gasteiger charge is -2.03. The molecule has 0 aliphatic heterocycles. The molecule has 1 heterocycles. The van der Waals surface area contributed by atoms with Gasteiger partial charge < -0.3 is 4.57 Å². The number of alkyl halides is 1. The van der Waals surface area contributed by atoms with Gasteiger partial charge in [-0.2, -0.15) is 0 Å². The fraction of sp³-hybridized carbons (Fsp3) is 0.700. The van der Waals surface area contributed by atoms with Crippen LogP contribution in [-0.4, -0.2) is 28.9 Å². The van der Waals surface area contributed by atoms with Gasteiger partial charge in [0.05, 0.1) is 0 Å². The second kappa shape index (κ2) is 6.69. The van der Waals surface area contributed by atoms with Crippen molar-refractivity contribution in [3.8, 4) is 0 Å². The number of unbranched alkanes of at least 4 members (excludes halogenated alkanes) is 2. The Morgan fingerprint density at radius 3 is 2.65 bits per heavy atom. The molecule has 7 heteroatoms. The van der Waals surface area contributed by atoms with E-state index in [4.69, 9.17) is 0 Å². The van der Waals surface area contributed by atoms with Crippen molar-refractivity contribution in [1.29, 1.82) is 0 Å². The average molecular weight is 371 g/mol. The van der Waals surface area contributed by atoms with E-state index >= 15 is 0 Å². The van der Waals surface area contributed by atoms with Gasteiger partial charge in [-0.3, -0.25) is 0 Å². The third-order valence-electron chi connectivity index (χ3n) is 2.46. The van der Waals surface area contributed by atoms with Gasteiger partial charge in [0.25, 0.3) is 10.0 Å². The molecule has 0 amide bonds. The lowest BCUT2D eigenvalue weighted by molar-refractivity contribution is 0.573. The Bertz CT molecular complexity index is 437. The van der Waals surface area contributed by atoms with Crippen LogP contribution in [0.3, 0.4) is 0 Å². The van der Waals surface area contributed by atoms with E-state index in [1.807, 2.05) is 0 Å². The fourth-order valence-corrected chi connectivity index (χ4v) is 2.98. The number of nitrogens with one attached hydrogen (secondary N) is 1. The zero-order valence-electron chi connectivity index (χ0n) is 10.1. The number of hydrogen-bond acceptors (Lipinski definition) is 3. The molecular formula is C10H18IN3O2S. The number of sulfonamides is 1. The Morgan fingerprint density at radius 1 is 1.41 bits per heavy atom. The van der Waals surface area contributed by atoms with Crippen LogP contribution in [0, 0.1) is 6.92 Å². The molecule has 0 fully saturated rings. The summed E-state index contributed by atoms with van der Waals surface area (Å²) in [6, 6.07) is 0. The smallest absolute Gasteiger partial charge is 0.259 e. The molecule has 0 atom stereocenters. The van der Waals surface area contributed by atoms with Crippen molar-refractivity contribution in [1.82, 2.24) is 14.3 Å². The van der Waals surface area contributed by atoms with Gasteiger partial charge in [0.15, 0.2) is 5.03 Å². The highest BCUT2D eigenvalue weighted by Crippen LogP contribution is 2.07. The van der Waals surface area contributed by atoms with Gasteiger partial charge >= 0.3 is 0 Å². The summed E-state index contributed by atoms with van der Waals surface area (Å²) in [4.78, 5) is 4.01. The summed E-state index contributed by atoms with van der Waals surface area (Å²) in [5, 5.41) is 0.103. The first-order valence-electron chi connectivity index (χ1n) is 5.53. The summed E-state index contributed by atoms with van der Waals surface area (Å²) in [6.07, 6.45) is 4.58. The molecule has 0 radical (unpaired) electrons. The predicted octanol–water partition coefficient (Wildman–Crippen LogP) is 1.61. The standard InChI is InChI=1S/C10H18IN3O2S/c1-9-13-10(8-14(9)2)17(15,16)12-7-5-3-4-6-11/h8,12H,3-7H2,1-2H3. The fourth-order valence-electron chi connectivity index (χ4n) is 1.33. The molecule has 0 bridgehead atoms. The monoisotopic (exact) mass is 371 g/mol. The van der Waals surface area contributed by atoms with Gasteiger partial charge in [0.1, 0.15) is 5.82 Å². The van der Waals surface area contributed by atoms with E-state index in [0.717, 1.165) is 23.7 Å². The average Bonchev–Trinajstić information content (AvgIpc) is 2.60. The first-order chi connectivity index (χ1) is 7.97. The molecule has 0 unspecified atom stereocenters. The number of imidazole rings is 1. The highest BCUT2D eigenvalue weighted by atomic mass is 127. The van der Waals surface area contributed by atoms with Crippen LogP contribution in [0.15, 0.2) is 11.2 Å². The highest BCUT2D eigenvalue weighted by molar-refractivity contribution is 14.1. The molecule has 98 valence electrons. The Labute approximate surface area is 116 Å². The van der Waals surface area contributed by atoms with Gasteiger partial charge in [-0.05, 0) is 24.2 Å². The molecule has 1 aromatic heterocycles. The lowest BCUT2D eigenvalue weighted by atomic mass is 10.3. The van der Waals surface area contributed by atoms with E-state index in [0.29, 0.717) is 12.4 Å². The summed E-state index contributed by atoms with van der Waals surface area (Å²) in [6.45, 7) is 2.26. The van der Waals surface area contributed by atoms with E-state index in [1.54, 1.807) is 18.5 Å². The van der Waals surface area contributed by atoms with Crippen LogP contribution in [0.5, 0.6) is 0 Å². The van der Waals surface area contributed by atoms with Gasteiger partial charge in [-0.25, -0.2) is 18.1 Å². The van der Waals surface area contributed by atoms with Crippen molar-refractivity contribution >= 4 is 32.6 Å². The SMILES string of the molecule is Cc1nc(S(=O)(=O)NCCCCCI)cn1C. The van der Waals surface area contributed by atoms with Crippen molar-refractivity contribution in [3.63, 3.8) is 0 Å². The highest BCUT2D eigenvalue weighted by Gasteiger charge is 2.17. The third kappa shape index (κ3) is 4.55. The number of aryl methyl sites for hydroxylation is 2. The first kappa shape index (κ1) is 14.9. The zero-order valence-corrected chi connectivity index (χ0v) is 13.1. The first-order valence-corrected chi connectivity index (χ1v) is 8.54. The quantitative estimate of drug-likeness (QED) is 0.450. The maximum Gasteiger partial charge on any atom is 0.259 e. The van der Waals surface area contributed by atoms with Crippen LogP contribution >= 0.6 is 22.6 Å². The maximum atomic E-state index is 11.8. The van der Waals surface area contributed by atoms with E-state index < -0.39 is 10.0 Å². The van der Waals surface area contributed by atoms with Gasteiger partial charge in [-0.15, -0.1) is 0 Å². The van der Waals surface area contributed by atoms with Crippen molar-refractivity contribution in [2.24, 2.45) is 7.05 Å². The maximum absolute atomic E-state index is 11.8. The summed E-state index contributed by atoms with van der Waals surface area (Å²) in [5.41, 5.74) is 0. The molecule has 1 rings (SSSR count). The summed E-state index contributed by atoms with van der Waals surface area (Å²) >= 11 is 2.32. The van der Waals surface area contributed by atoms with E-state index in [-0.39, 0.29) is 5.03 Å². The summed E-state index contributed by atoms with van der Waals surface area (Å²) < 4.78 is 29.1. The Balaban J connectivity index is 2.51. The van der Waals surface area contributed by atoms with Crippen molar-refractivity contribution in [2.45, 2.75) is 31.2 Å². The second-order valence-corrected chi connectivity index (χ2v) is 6.68. The van der Waals surface area contributed by atoms with E-state index in [1.165, 1.54) is 6.20 Å². The predicted molar refractivity (Wildman–Crippen MR) is 75.9 cm³/mol. The van der Waals surface area contributed by atoms with Crippen LogP contribution in [0.4, 0.5) is 0 Å². The van der Waals surface area contributed by atoms with Crippen molar-refractivity contribution in [3.05, 3.63) is 12.0 Å². The van der Waals surface area contributed by atoms with Crippen LogP contribution in [0.25, 0.3) is 0 Å². The Kier molecular flexibility index (Phi) is 5.87. The normalized spacial score (nSPS) is 11.9. The number of rotatable bonds is 7. The Morgan fingerprint density at radius 2 is 2.12 bits per heavy atom. The third-order valence-corrected chi connectivity index (χ3v) is 4.56. The van der Waals surface area contributed by atoms with Crippen molar-refractivity contribution in [2.75, 3.05) is 11.0 Å².